The molecule has 1 aromatic carbocycles. The number of amides is 4. The van der Waals surface area contributed by atoms with Crippen LogP contribution in [0, 0.1) is 0 Å². The van der Waals surface area contributed by atoms with Crippen LogP contribution < -0.4 is 5.32 Å². The monoisotopic (exact) mass is 434 g/mol. The average Bonchev–Trinajstić information content (AvgIpc) is 3.13. The Labute approximate surface area is 178 Å². The molecule has 1 saturated heterocycles. The van der Waals surface area contributed by atoms with Crippen molar-refractivity contribution in [3.8, 4) is 0 Å². The van der Waals surface area contributed by atoms with Crippen molar-refractivity contribution in [1.82, 2.24) is 14.7 Å². The van der Waals surface area contributed by atoms with E-state index in [0.29, 0.717) is 48.2 Å². The van der Waals surface area contributed by atoms with Crippen LogP contribution in [0.25, 0.3) is 0 Å². The molecule has 2 aromatic rings. The maximum atomic E-state index is 12.6. The van der Waals surface area contributed by atoms with Crippen molar-refractivity contribution in [3.63, 3.8) is 0 Å². The number of carbonyl (C=O) groups excluding carboxylic acids is 3. The Bertz CT molecular complexity index is 857. The van der Waals surface area contributed by atoms with E-state index < -0.39 is 0 Å². The first-order chi connectivity index (χ1) is 13.9. The first kappa shape index (κ1) is 21.1. The van der Waals surface area contributed by atoms with E-state index in [1.54, 1.807) is 47.2 Å². The van der Waals surface area contributed by atoms with Crippen LogP contribution in [0.3, 0.4) is 0 Å². The highest BCUT2D eigenvalue weighted by atomic mass is 35.5. The Kier molecular flexibility index (Phi) is 7.11. The van der Waals surface area contributed by atoms with Gasteiger partial charge in [0.15, 0.2) is 0 Å². The Morgan fingerprint density at radius 2 is 1.76 bits per heavy atom. The fourth-order valence-electron chi connectivity index (χ4n) is 3.07. The number of nitrogens with one attached hydrogen (secondary N) is 1. The van der Waals surface area contributed by atoms with Gasteiger partial charge in [0.25, 0.3) is 5.91 Å². The fraction of sp³-hybridized carbons (Fsp3) is 0.350. The van der Waals surface area contributed by atoms with Crippen LogP contribution in [-0.4, -0.2) is 72.3 Å². The molecule has 2 heterocycles. The summed E-state index contributed by atoms with van der Waals surface area (Å²) >= 11 is 7.22. The largest absolute Gasteiger partial charge is 0.339 e. The number of urea groups is 1. The van der Waals surface area contributed by atoms with Gasteiger partial charge in [-0.3, -0.25) is 9.59 Å². The zero-order valence-electron chi connectivity index (χ0n) is 16.1. The maximum Gasteiger partial charge on any atom is 0.321 e. The Morgan fingerprint density at radius 1 is 1.07 bits per heavy atom. The number of benzene rings is 1. The van der Waals surface area contributed by atoms with Gasteiger partial charge >= 0.3 is 6.03 Å². The summed E-state index contributed by atoms with van der Waals surface area (Å²) in [6, 6.07) is 10.3. The zero-order chi connectivity index (χ0) is 20.8. The standard InChI is InChI=1S/C20H23ClN4O3S/c1-23(19(27)17-4-2-13-29-17)14-18(26)24-9-3-10-25(12-11-24)20(28)22-16-7-5-15(21)6-8-16/h2,4-8,13H,3,9-12,14H2,1H3,(H,22,28). The lowest BCUT2D eigenvalue weighted by atomic mass is 10.3. The van der Waals surface area contributed by atoms with Crippen LogP contribution in [0.5, 0.6) is 0 Å². The minimum absolute atomic E-state index is 0.0215. The van der Waals surface area contributed by atoms with Crippen LogP contribution in [0.1, 0.15) is 16.1 Å². The maximum absolute atomic E-state index is 12.6. The molecule has 0 bridgehead atoms. The molecule has 7 nitrogen and oxygen atoms in total. The highest BCUT2D eigenvalue weighted by Gasteiger charge is 2.24. The van der Waals surface area contributed by atoms with Gasteiger partial charge in [-0.05, 0) is 42.1 Å². The highest BCUT2D eigenvalue weighted by Crippen LogP contribution is 2.15. The summed E-state index contributed by atoms with van der Waals surface area (Å²) in [7, 11) is 1.63. The Hall–Kier alpha value is -2.58. The summed E-state index contributed by atoms with van der Waals surface area (Å²) in [5, 5.41) is 5.29. The van der Waals surface area contributed by atoms with Crippen molar-refractivity contribution in [1.29, 1.82) is 0 Å². The molecule has 0 spiro atoms. The number of likely N-dealkylation sites (N-methyl/N-ethyl adjacent to an activating group) is 1. The third-order valence-corrected chi connectivity index (χ3v) is 5.79. The van der Waals surface area contributed by atoms with E-state index in [-0.39, 0.29) is 24.4 Å². The Balaban J connectivity index is 1.50. The predicted molar refractivity (Wildman–Crippen MR) is 115 cm³/mol. The number of nitrogens with zero attached hydrogens (tertiary/aromatic N) is 3. The second-order valence-electron chi connectivity index (χ2n) is 6.80. The first-order valence-corrected chi connectivity index (χ1v) is 10.6. The molecular weight excluding hydrogens is 412 g/mol. The van der Waals surface area contributed by atoms with Crippen molar-refractivity contribution >= 4 is 46.5 Å². The van der Waals surface area contributed by atoms with Crippen molar-refractivity contribution < 1.29 is 14.4 Å². The van der Waals surface area contributed by atoms with Crippen LogP contribution in [-0.2, 0) is 4.79 Å². The van der Waals surface area contributed by atoms with Gasteiger partial charge in [-0.25, -0.2) is 4.79 Å². The smallest absolute Gasteiger partial charge is 0.321 e. The summed E-state index contributed by atoms with van der Waals surface area (Å²) in [5.74, 6) is -0.274. The van der Waals surface area contributed by atoms with E-state index in [1.165, 1.54) is 16.2 Å². The third-order valence-electron chi connectivity index (χ3n) is 4.68. The lowest BCUT2D eigenvalue weighted by Crippen LogP contribution is -2.43. The minimum atomic E-state index is -0.202. The van der Waals surface area contributed by atoms with Crippen LogP contribution in [0.2, 0.25) is 5.02 Å². The van der Waals surface area contributed by atoms with Gasteiger partial charge in [0.2, 0.25) is 5.91 Å². The lowest BCUT2D eigenvalue weighted by Gasteiger charge is -2.24. The number of anilines is 1. The number of carbonyl (C=O) groups is 3. The number of thiophene rings is 1. The van der Waals surface area contributed by atoms with Crippen molar-refractivity contribution in [3.05, 3.63) is 51.7 Å². The van der Waals surface area contributed by atoms with Crippen molar-refractivity contribution in [2.45, 2.75) is 6.42 Å². The molecule has 1 fully saturated rings. The quantitative estimate of drug-likeness (QED) is 0.802. The van der Waals surface area contributed by atoms with Gasteiger partial charge in [-0.2, -0.15) is 0 Å². The second kappa shape index (κ2) is 9.76. The number of hydrogen-bond donors (Lipinski definition) is 1. The second-order valence-corrected chi connectivity index (χ2v) is 8.18. The Morgan fingerprint density at radius 3 is 2.45 bits per heavy atom. The van der Waals surface area contributed by atoms with E-state index in [4.69, 9.17) is 11.6 Å². The van der Waals surface area contributed by atoms with Gasteiger partial charge in [0.1, 0.15) is 0 Å². The highest BCUT2D eigenvalue weighted by molar-refractivity contribution is 7.12. The number of hydrogen-bond acceptors (Lipinski definition) is 4. The van der Waals surface area contributed by atoms with Gasteiger partial charge < -0.3 is 20.0 Å². The van der Waals surface area contributed by atoms with Gasteiger partial charge in [0, 0.05) is 43.9 Å². The summed E-state index contributed by atoms with van der Waals surface area (Å²) in [4.78, 5) is 42.9. The summed E-state index contributed by atoms with van der Waals surface area (Å²) in [6.45, 7) is 2.02. The summed E-state index contributed by atoms with van der Waals surface area (Å²) in [6.07, 6.45) is 0.683. The molecule has 4 amide bonds. The molecule has 0 aliphatic carbocycles. The van der Waals surface area contributed by atoms with E-state index in [1.807, 2.05) is 11.4 Å². The van der Waals surface area contributed by atoms with Gasteiger partial charge in [0.05, 0.1) is 11.4 Å². The van der Waals surface area contributed by atoms with Crippen molar-refractivity contribution in [2.75, 3.05) is 45.1 Å². The molecule has 0 radical (unpaired) electrons. The lowest BCUT2D eigenvalue weighted by molar-refractivity contribution is -0.131. The van der Waals surface area contributed by atoms with Crippen molar-refractivity contribution in [2.24, 2.45) is 0 Å². The fourth-order valence-corrected chi connectivity index (χ4v) is 3.91. The summed E-state index contributed by atoms with van der Waals surface area (Å²) in [5.41, 5.74) is 0.672. The molecule has 0 saturated carbocycles. The molecule has 154 valence electrons. The predicted octanol–water partition coefficient (Wildman–Crippen LogP) is 3.24. The van der Waals surface area contributed by atoms with Crippen LogP contribution in [0.15, 0.2) is 41.8 Å². The molecule has 9 heteroatoms. The molecular formula is C20H23ClN4O3S. The zero-order valence-corrected chi connectivity index (χ0v) is 17.7. The molecule has 3 rings (SSSR count). The average molecular weight is 435 g/mol. The summed E-state index contributed by atoms with van der Waals surface area (Å²) < 4.78 is 0. The molecule has 29 heavy (non-hydrogen) atoms. The molecule has 0 atom stereocenters. The molecule has 1 N–H and O–H groups in total. The molecule has 1 aliphatic heterocycles. The van der Waals surface area contributed by atoms with Crippen LogP contribution in [0.4, 0.5) is 10.5 Å². The molecule has 1 aromatic heterocycles. The normalized spacial score (nSPS) is 14.3. The number of halogens is 1. The van der Waals surface area contributed by atoms with Gasteiger partial charge in [-0.1, -0.05) is 17.7 Å². The molecule has 1 aliphatic rings. The minimum Gasteiger partial charge on any atom is -0.339 e. The number of rotatable bonds is 4. The van der Waals surface area contributed by atoms with E-state index in [2.05, 4.69) is 5.32 Å². The van der Waals surface area contributed by atoms with E-state index in [9.17, 15) is 14.4 Å². The third kappa shape index (κ3) is 5.71. The van der Waals surface area contributed by atoms with Gasteiger partial charge in [-0.15, -0.1) is 11.3 Å². The molecule has 0 unspecified atom stereocenters. The topological polar surface area (TPSA) is 73.0 Å². The first-order valence-electron chi connectivity index (χ1n) is 9.32. The SMILES string of the molecule is CN(CC(=O)N1CCCN(C(=O)Nc2ccc(Cl)cc2)CC1)C(=O)c1cccs1. The van der Waals surface area contributed by atoms with Crippen LogP contribution >= 0.6 is 22.9 Å². The van der Waals surface area contributed by atoms with E-state index in [0.717, 1.165) is 0 Å². The van der Waals surface area contributed by atoms with E-state index >= 15 is 0 Å².